The normalized spacial score (nSPS) is 19.1. The molecular weight excluding hydrogens is 364 g/mol. The molecule has 1 aliphatic heterocycles. The Morgan fingerprint density at radius 2 is 2.07 bits per heavy atom. The van der Waals surface area contributed by atoms with Crippen LogP contribution in [0.5, 0.6) is 0 Å². The monoisotopic (exact) mass is 388 g/mol. The molecule has 0 atom stereocenters. The van der Waals surface area contributed by atoms with Crippen LogP contribution in [-0.2, 0) is 22.4 Å². The standard InChI is InChI=1S/C19H24N4O3S/c1-13-21-22-17(26-13)12-16(24)20-19(6-7-19)14-4-8-23(9-5-14)18(25)11-15-3-2-10-27-15/h2-3,10,14H,4-9,11-12H2,1H3,(H,20,24). The zero-order chi connectivity index (χ0) is 18.9. The topological polar surface area (TPSA) is 88.3 Å². The van der Waals surface area contributed by atoms with Crippen LogP contribution in [-0.4, -0.2) is 45.5 Å². The second-order valence-electron chi connectivity index (χ2n) is 7.51. The quantitative estimate of drug-likeness (QED) is 0.819. The van der Waals surface area contributed by atoms with E-state index >= 15 is 0 Å². The SMILES string of the molecule is Cc1nnc(CC(=O)NC2(C3CCN(C(=O)Cc4cccs4)CC3)CC2)o1. The summed E-state index contributed by atoms with van der Waals surface area (Å²) in [6, 6.07) is 3.99. The molecule has 0 unspecified atom stereocenters. The molecule has 0 bridgehead atoms. The van der Waals surface area contributed by atoms with Crippen molar-refractivity contribution in [3.05, 3.63) is 34.2 Å². The summed E-state index contributed by atoms with van der Waals surface area (Å²) in [5, 5.41) is 12.9. The number of piperidine rings is 1. The number of carbonyl (C=O) groups excluding carboxylic acids is 2. The van der Waals surface area contributed by atoms with E-state index in [0.717, 1.165) is 43.6 Å². The lowest BCUT2D eigenvalue weighted by Crippen LogP contribution is -2.49. The molecule has 0 spiro atoms. The number of nitrogens with zero attached hydrogens (tertiary/aromatic N) is 3. The van der Waals surface area contributed by atoms with E-state index in [1.165, 1.54) is 0 Å². The van der Waals surface area contributed by atoms with Gasteiger partial charge in [0.05, 0.1) is 6.42 Å². The number of carbonyl (C=O) groups is 2. The molecule has 144 valence electrons. The maximum absolute atomic E-state index is 12.5. The van der Waals surface area contributed by atoms with Gasteiger partial charge in [0, 0.05) is 30.4 Å². The fourth-order valence-corrected chi connectivity index (χ4v) is 4.69. The van der Waals surface area contributed by atoms with Gasteiger partial charge in [0.2, 0.25) is 23.6 Å². The van der Waals surface area contributed by atoms with Crippen molar-refractivity contribution in [3.63, 3.8) is 0 Å². The Balaban J connectivity index is 1.27. The van der Waals surface area contributed by atoms with Crippen LogP contribution in [0.1, 0.15) is 42.3 Å². The highest BCUT2D eigenvalue weighted by Gasteiger charge is 2.51. The average molecular weight is 388 g/mol. The van der Waals surface area contributed by atoms with E-state index in [1.54, 1.807) is 18.3 Å². The first-order chi connectivity index (χ1) is 13.0. The van der Waals surface area contributed by atoms with Crippen molar-refractivity contribution < 1.29 is 14.0 Å². The van der Waals surface area contributed by atoms with Crippen LogP contribution in [0.15, 0.2) is 21.9 Å². The molecule has 2 aromatic rings. The van der Waals surface area contributed by atoms with Crippen LogP contribution in [0, 0.1) is 12.8 Å². The summed E-state index contributed by atoms with van der Waals surface area (Å²) in [6.07, 6.45) is 4.52. The van der Waals surface area contributed by atoms with Crippen molar-refractivity contribution in [2.24, 2.45) is 5.92 Å². The van der Waals surface area contributed by atoms with Crippen LogP contribution in [0.25, 0.3) is 0 Å². The molecule has 7 nitrogen and oxygen atoms in total. The maximum Gasteiger partial charge on any atom is 0.229 e. The summed E-state index contributed by atoms with van der Waals surface area (Å²) < 4.78 is 5.29. The highest BCUT2D eigenvalue weighted by molar-refractivity contribution is 7.10. The highest BCUT2D eigenvalue weighted by Crippen LogP contribution is 2.46. The third kappa shape index (κ3) is 4.21. The predicted octanol–water partition coefficient (Wildman–Crippen LogP) is 2.11. The number of aryl methyl sites for hydroxylation is 1. The summed E-state index contributed by atoms with van der Waals surface area (Å²) in [5.41, 5.74) is -0.102. The fraction of sp³-hybridized carbons (Fsp3) is 0.579. The minimum absolute atomic E-state index is 0.0626. The molecule has 1 N–H and O–H groups in total. The van der Waals surface area contributed by atoms with Crippen molar-refractivity contribution >= 4 is 23.2 Å². The van der Waals surface area contributed by atoms with E-state index in [-0.39, 0.29) is 23.8 Å². The minimum atomic E-state index is -0.102. The lowest BCUT2D eigenvalue weighted by Gasteiger charge is -2.36. The van der Waals surface area contributed by atoms with Gasteiger partial charge in [-0.05, 0) is 43.0 Å². The number of nitrogens with one attached hydrogen (secondary N) is 1. The first kappa shape index (κ1) is 18.2. The zero-order valence-corrected chi connectivity index (χ0v) is 16.3. The Bertz CT molecular complexity index is 805. The highest BCUT2D eigenvalue weighted by atomic mass is 32.1. The van der Waals surface area contributed by atoms with Crippen LogP contribution in [0.3, 0.4) is 0 Å². The largest absolute Gasteiger partial charge is 0.425 e. The number of hydrogen-bond donors (Lipinski definition) is 1. The molecule has 0 radical (unpaired) electrons. The van der Waals surface area contributed by atoms with Gasteiger partial charge in [0.25, 0.3) is 0 Å². The molecule has 2 amide bonds. The van der Waals surface area contributed by atoms with Gasteiger partial charge in [0.15, 0.2) is 0 Å². The van der Waals surface area contributed by atoms with Gasteiger partial charge in [-0.1, -0.05) is 6.07 Å². The van der Waals surface area contributed by atoms with Crippen molar-refractivity contribution in [2.75, 3.05) is 13.1 Å². The number of rotatable bonds is 6. The average Bonchev–Trinajstić information content (AvgIpc) is 3.03. The Morgan fingerprint density at radius 1 is 1.30 bits per heavy atom. The van der Waals surface area contributed by atoms with Gasteiger partial charge in [-0.2, -0.15) is 0 Å². The van der Waals surface area contributed by atoms with E-state index in [9.17, 15) is 9.59 Å². The second-order valence-corrected chi connectivity index (χ2v) is 8.54. The molecule has 2 aliphatic rings. The third-order valence-corrected chi connectivity index (χ3v) is 6.47. The summed E-state index contributed by atoms with van der Waals surface area (Å²) in [6.45, 7) is 3.26. The molecule has 27 heavy (non-hydrogen) atoms. The maximum atomic E-state index is 12.5. The summed E-state index contributed by atoms with van der Waals surface area (Å²) in [7, 11) is 0. The van der Waals surface area contributed by atoms with Gasteiger partial charge in [-0.15, -0.1) is 21.5 Å². The zero-order valence-electron chi connectivity index (χ0n) is 15.4. The molecule has 4 rings (SSSR count). The molecule has 1 saturated carbocycles. The lowest BCUT2D eigenvalue weighted by atomic mass is 9.87. The molecule has 0 aromatic carbocycles. The molecular formula is C19H24N4O3S. The van der Waals surface area contributed by atoms with Crippen LogP contribution in [0.2, 0.25) is 0 Å². The fourth-order valence-electron chi connectivity index (χ4n) is 3.99. The summed E-state index contributed by atoms with van der Waals surface area (Å²) >= 11 is 1.63. The van der Waals surface area contributed by atoms with E-state index in [1.807, 2.05) is 22.4 Å². The number of thiophene rings is 1. The van der Waals surface area contributed by atoms with Crippen LogP contribution >= 0.6 is 11.3 Å². The lowest BCUT2D eigenvalue weighted by molar-refractivity contribution is -0.132. The Morgan fingerprint density at radius 3 is 2.67 bits per heavy atom. The molecule has 8 heteroatoms. The van der Waals surface area contributed by atoms with Gasteiger partial charge in [-0.3, -0.25) is 9.59 Å². The molecule has 2 fully saturated rings. The van der Waals surface area contributed by atoms with E-state index in [0.29, 0.717) is 24.1 Å². The van der Waals surface area contributed by atoms with Crippen molar-refractivity contribution in [3.8, 4) is 0 Å². The van der Waals surface area contributed by atoms with E-state index in [2.05, 4.69) is 15.5 Å². The van der Waals surface area contributed by atoms with Gasteiger partial charge < -0.3 is 14.6 Å². The smallest absolute Gasteiger partial charge is 0.229 e. The third-order valence-electron chi connectivity index (χ3n) is 5.59. The second kappa shape index (κ2) is 7.42. The first-order valence-corrected chi connectivity index (χ1v) is 10.3. The minimum Gasteiger partial charge on any atom is -0.425 e. The van der Waals surface area contributed by atoms with Crippen molar-refractivity contribution in [1.29, 1.82) is 0 Å². The van der Waals surface area contributed by atoms with Gasteiger partial charge in [-0.25, -0.2) is 0 Å². The number of aromatic nitrogens is 2. The Kier molecular flexibility index (Phi) is 4.99. The molecule has 1 saturated heterocycles. The van der Waals surface area contributed by atoms with E-state index in [4.69, 9.17) is 4.42 Å². The van der Waals surface area contributed by atoms with Crippen molar-refractivity contribution in [2.45, 2.75) is 51.0 Å². The van der Waals surface area contributed by atoms with Crippen LogP contribution in [0.4, 0.5) is 0 Å². The van der Waals surface area contributed by atoms with E-state index < -0.39 is 0 Å². The number of likely N-dealkylation sites (tertiary alicyclic amines) is 1. The first-order valence-electron chi connectivity index (χ1n) is 9.44. The van der Waals surface area contributed by atoms with Crippen molar-refractivity contribution in [1.82, 2.24) is 20.4 Å². The Hall–Kier alpha value is -2.22. The molecule has 1 aliphatic carbocycles. The number of hydrogen-bond acceptors (Lipinski definition) is 6. The Labute approximate surface area is 162 Å². The summed E-state index contributed by atoms with van der Waals surface area (Å²) in [4.78, 5) is 27.9. The van der Waals surface area contributed by atoms with Gasteiger partial charge >= 0.3 is 0 Å². The number of amides is 2. The van der Waals surface area contributed by atoms with Crippen LogP contribution < -0.4 is 5.32 Å². The predicted molar refractivity (Wildman–Crippen MR) is 100 cm³/mol. The summed E-state index contributed by atoms with van der Waals surface area (Å²) in [5.74, 6) is 1.40. The van der Waals surface area contributed by atoms with Gasteiger partial charge in [0.1, 0.15) is 6.42 Å². The molecule has 3 heterocycles. The molecule has 2 aromatic heterocycles.